The van der Waals surface area contributed by atoms with Crippen molar-refractivity contribution in [1.82, 2.24) is 20.0 Å². The van der Waals surface area contributed by atoms with E-state index in [9.17, 15) is 9.59 Å². The zero-order chi connectivity index (χ0) is 20.2. The van der Waals surface area contributed by atoms with Crippen LogP contribution in [-0.2, 0) is 23.1 Å². The summed E-state index contributed by atoms with van der Waals surface area (Å²) in [5, 5.41) is 10.6. The van der Waals surface area contributed by atoms with E-state index in [1.54, 1.807) is 4.68 Å². The molecule has 29 heavy (non-hydrogen) atoms. The largest absolute Gasteiger partial charge is 0.343 e. The zero-order valence-corrected chi connectivity index (χ0v) is 16.9. The summed E-state index contributed by atoms with van der Waals surface area (Å²) in [6.45, 7) is 3.26. The third kappa shape index (κ3) is 4.67. The van der Waals surface area contributed by atoms with Crippen molar-refractivity contribution in [2.45, 2.75) is 31.6 Å². The molecule has 0 unspecified atom stereocenters. The molecule has 2 aromatic rings. The molecule has 0 saturated carbocycles. The highest BCUT2D eigenvalue weighted by Gasteiger charge is 2.34. The molecule has 7 heteroatoms. The Morgan fingerprint density at radius 1 is 1.17 bits per heavy atom. The van der Waals surface area contributed by atoms with Crippen LogP contribution in [-0.4, -0.2) is 52.7 Å². The number of carbonyl (C=O) groups is 2. The molecule has 7 nitrogen and oxygen atoms in total. The van der Waals surface area contributed by atoms with Crippen molar-refractivity contribution in [2.75, 3.05) is 31.5 Å². The molecule has 1 aromatic carbocycles. The third-order valence-electron chi connectivity index (χ3n) is 6.01. The average molecular weight is 396 g/mol. The Balaban J connectivity index is 1.31. The van der Waals surface area contributed by atoms with Gasteiger partial charge in [0.05, 0.1) is 12.1 Å². The van der Waals surface area contributed by atoms with Crippen LogP contribution in [0, 0.1) is 5.92 Å². The van der Waals surface area contributed by atoms with Crippen molar-refractivity contribution in [3.05, 3.63) is 47.8 Å². The molecule has 2 atom stereocenters. The third-order valence-corrected chi connectivity index (χ3v) is 6.01. The van der Waals surface area contributed by atoms with E-state index in [0.717, 1.165) is 55.7 Å². The van der Waals surface area contributed by atoms with Crippen molar-refractivity contribution in [3.8, 4) is 0 Å². The van der Waals surface area contributed by atoms with Crippen LogP contribution in [0.25, 0.3) is 0 Å². The number of nitrogens with zero attached hydrogens (tertiary/aromatic N) is 3. The first-order chi connectivity index (χ1) is 14.1. The maximum absolute atomic E-state index is 12.8. The van der Waals surface area contributed by atoms with E-state index in [0.29, 0.717) is 13.0 Å². The van der Waals surface area contributed by atoms with Crippen LogP contribution in [0.5, 0.6) is 0 Å². The molecule has 2 saturated heterocycles. The van der Waals surface area contributed by atoms with Crippen LogP contribution >= 0.6 is 0 Å². The van der Waals surface area contributed by atoms with Gasteiger partial charge in [0, 0.05) is 57.4 Å². The van der Waals surface area contributed by atoms with Crippen molar-refractivity contribution >= 4 is 17.5 Å². The van der Waals surface area contributed by atoms with Crippen molar-refractivity contribution in [3.63, 3.8) is 0 Å². The van der Waals surface area contributed by atoms with Crippen molar-refractivity contribution < 1.29 is 9.59 Å². The lowest BCUT2D eigenvalue weighted by Gasteiger charge is -2.17. The first-order valence-electron chi connectivity index (χ1n) is 10.5. The Morgan fingerprint density at radius 2 is 1.93 bits per heavy atom. The fourth-order valence-electron chi connectivity index (χ4n) is 4.30. The first kappa shape index (κ1) is 19.6. The number of aromatic nitrogens is 2. The van der Waals surface area contributed by atoms with Crippen LogP contribution in [0.15, 0.2) is 36.7 Å². The number of amides is 2. The number of hydrogen-bond donors (Lipinski definition) is 2. The number of carbonyl (C=O) groups excluding carboxylic acids is 2. The van der Waals surface area contributed by atoms with E-state index in [2.05, 4.69) is 15.7 Å². The summed E-state index contributed by atoms with van der Waals surface area (Å²) >= 11 is 0. The lowest BCUT2D eigenvalue weighted by molar-refractivity contribution is -0.130. The van der Waals surface area contributed by atoms with Crippen LogP contribution in [0.4, 0.5) is 5.69 Å². The molecule has 0 spiro atoms. The van der Waals surface area contributed by atoms with Gasteiger partial charge in [-0.2, -0.15) is 5.10 Å². The highest BCUT2D eigenvalue weighted by molar-refractivity contribution is 5.93. The molecule has 3 heterocycles. The monoisotopic (exact) mass is 395 g/mol. The molecular weight excluding hydrogens is 366 g/mol. The molecule has 2 aliphatic heterocycles. The summed E-state index contributed by atoms with van der Waals surface area (Å²) in [5.41, 5.74) is 3.00. The van der Waals surface area contributed by atoms with Crippen LogP contribution in [0.3, 0.4) is 0 Å². The Morgan fingerprint density at radius 3 is 2.62 bits per heavy atom. The van der Waals surface area contributed by atoms with E-state index in [1.807, 2.05) is 48.6 Å². The van der Waals surface area contributed by atoms with E-state index in [1.165, 1.54) is 0 Å². The second-order valence-electron chi connectivity index (χ2n) is 8.09. The lowest BCUT2D eigenvalue weighted by Crippen LogP contribution is -2.28. The van der Waals surface area contributed by atoms with Gasteiger partial charge in [-0.1, -0.05) is 12.1 Å². The van der Waals surface area contributed by atoms with Crippen molar-refractivity contribution in [2.24, 2.45) is 13.0 Å². The summed E-state index contributed by atoms with van der Waals surface area (Å²) in [5.74, 6) is 0.299. The van der Waals surface area contributed by atoms with E-state index in [4.69, 9.17) is 0 Å². The van der Waals surface area contributed by atoms with Gasteiger partial charge in [-0.3, -0.25) is 14.3 Å². The number of benzene rings is 1. The minimum Gasteiger partial charge on any atom is -0.343 e. The number of anilines is 1. The summed E-state index contributed by atoms with van der Waals surface area (Å²) in [7, 11) is 1.89. The number of likely N-dealkylation sites (tertiary alicyclic amines) is 1. The second kappa shape index (κ2) is 8.78. The van der Waals surface area contributed by atoms with Gasteiger partial charge in [0.1, 0.15) is 0 Å². The molecule has 2 fully saturated rings. The molecule has 2 aliphatic rings. The maximum Gasteiger partial charge on any atom is 0.229 e. The smallest absolute Gasteiger partial charge is 0.229 e. The van der Waals surface area contributed by atoms with Gasteiger partial charge < -0.3 is 15.5 Å². The molecule has 4 rings (SSSR count). The van der Waals surface area contributed by atoms with Gasteiger partial charge in [0.15, 0.2) is 0 Å². The summed E-state index contributed by atoms with van der Waals surface area (Å²) < 4.78 is 1.77. The first-order valence-corrected chi connectivity index (χ1v) is 10.5. The molecule has 0 bridgehead atoms. The average Bonchev–Trinajstić information content (AvgIpc) is 3.48. The molecular formula is C22H29N5O2. The minimum absolute atomic E-state index is 0.0285. The zero-order valence-electron chi connectivity index (χ0n) is 16.9. The van der Waals surface area contributed by atoms with Gasteiger partial charge >= 0.3 is 0 Å². The van der Waals surface area contributed by atoms with E-state index < -0.39 is 0 Å². The summed E-state index contributed by atoms with van der Waals surface area (Å²) in [6, 6.07) is 7.85. The normalized spacial score (nSPS) is 21.5. The molecule has 154 valence electrons. The lowest BCUT2D eigenvalue weighted by atomic mass is 9.90. The standard InChI is InChI=1S/C22H29N5O2/c1-26-15-17(12-24-26)19-13-23-14-20(19)22(29)25-18-7-4-16(5-8-18)6-9-21(28)27-10-2-3-11-27/h4-5,7-8,12,15,19-20,23H,2-3,6,9-11,13-14H2,1H3,(H,25,29)/t19-,20+/m1/s1. The Hall–Kier alpha value is -2.67. The highest BCUT2D eigenvalue weighted by atomic mass is 16.2. The van der Waals surface area contributed by atoms with Crippen LogP contribution in [0.2, 0.25) is 0 Å². The number of rotatable bonds is 6. The van der Waals surface area contributed by atoms with Crippen molar-refractivity contribution in [1.29, 1.82) is 0 Å². The van der Waals surface area contributed by atoms with Gasteiger partial charge in [0.2, 0.25) is 11.8 Å². The number of aryl methyl sites for hydroxylation is 2. The molecule has 2 N–H and O–H groups in total. The topological polar surface area (TPSA) is 79.3 Å². The molecule has 2 amide bonds. The fraction of sp³-hybridized carbons (Fsp3) is 0.500. The minimum atomic E-state index is -0.114. The van der Waals surface area contributed by atoms with Gasteiger partial charge in [-0.05, 0) is 42.5 Å². The number of nitrogens with one attached hydrogen (secondary N) is 2. The fourth-order valence-corrected chi connectivity index (χ4v) is 4.30. The van der Waals surface area contributed by atoms with Gasteiger partial charge in [-0.25, -0.2) is 0 Å². The Kier molecular flexibility index (Phi) is 5.94. The predicted octanol–water partition coefficient (Wildman–Crippen LogP) is 1.92. The number of hydrogen-bond acceptors (Lipinski definition) is 4. The second-order valence-corrected chi connectivity index (χ2v) is 8.09. The molecule has 0 radical (unpaired) electrons. The SMILES string of the molecule is Cn1cc([C@H]2CNC[C@@H]2C(=O)Nc2ccc(CCC(=O)N3CCCC3)cc2)cn1. The Labute approximate surface area is 171 Å². The summed E-state index contributed by atoms with van der Waals surface area (Å²) in [4.78, 5) is 27.0. The summed E-state index contributed by atoms with van der Waals surface area (Å²) in [6.07, 6.45) is 7.36. The molecule has 1 aromatic heterocycles. The Bertz CT molecular complexity index is 854. The van der Waals surface area contributed by atoms with Gasteiger partial charge in [0.25, 0.3) is 0 Å². The predicted molar refractivity (Wildman–Crippen MR) is 112 cm³/mol. The quantitative estimate of drug-likeness (QED) is 0.783. The maximum atomic E-state index is 12.8. The van der Waals surface area contributed by atoms with Crippen LogP contribution < -0.4 is 10.6 Å². The van der Waals surface area contributed by atoms with E-state index in [-0.39, 0.29) is 23.7 Å². The highest BCUT2D eigenvalue weighted by Crippen LogP contribution is 2.29. The van der Waals surface area contributed by atoms with Gasteiger partial charge in [-0.15, -0.1) is 0 Å². The van der Waals surface area contributed by atoms with Crippen LogP contribution in [0.1, 0.15) is 36.3 Å². The molecule has 0 aliphatic carbocycles. The van der Waals surface area contributed by atoms with E-state index >= 15 is 0 Å².